The van der Waals surface area contributed by atoms with E-state index in [1.165, 1.54) is 12.3 Å². The van der Waals surface area contributed by atoms with Crippen LogP contribution in [0.5, 0.6) is 0 Å². The molecule has 0 unspecified atom stereocenters. The number of carbonyl (C=O) groups excluding carboxylic acids is 1. The maximum absolute atomic E-state index is 12.9. The Balaban J connectivity index is 2.16. The standard InChI is InChI=1S/C18H14N2O3S/c1-13-2-6-16(7-3-13)24(22,23)20-11-9-14-4-5-15(12-17(14)20)18(21)8-10-19/h2-7,9,11-12H,8H2,1H3. The number of hydrogen-bond donors (Lipinski definition) is 0. The summed E-state index contributed by atoms with van der Waals surface area (Å²) in [5.41, 5.74) is 1.71. The summed E-state index contributed by atoms with van der Waals surface area (Å²) in [6.45, 7) is 1.88. The Morgan fingerprint density at radius 2 is 1.83 bits per heavy atom. The molecular weight excluding hydrogens is 324 g/mol. The van der Waals surface area contributed by atoms with Crippen molar-refractivity contribution < 1.29 is 13.2 Å². The van der Waals surface area contributed by atoms with Gasteiger partial charge in [-0.25, -0.2) is 12.4 Å². The van der Waals surface area contributed by atoms with Crippen LogP contribution in [0.25, 0.3) is 10.9 Å². The fourth-order valence-electron chi connectivity index (χ4n) is 2.48. The summed E-state index contributed by atoms with van der Waals surface area (Å²) < 4.78 is 26.9. The average Bonchev–Trinajstić information content (AvgIpc) is 2.99. The number of hydrogen-bond acceptors (Lipinski definition) is 4. The molecule has 0 atom stereocenters. The van der Waals surface area contributed by atoms with Crippen molar-refractivity contribution in [2.45, 2.75) is 18.2 Å². The van der Waals surface area contributed by atoms with E-state index in [0.29, 0.717) is 16.5 Å². The van der Waals surface area contributed by atoms with Crippen LogP contribution in [0.4, 0.5) is 0 Å². The van der Waals surface area contributed by atoms with E-state index in [1.807, 2.05) is 13.0 Å². The zero-order chi connectivity index (χ0) is 17.3. The van der Waals surface area contributed by atoms with Gasteiger partial charge < -0.3 is 0 Å². The summed E-state index contributed by atoms with van der Waals surface area (Å²) >= 11 is 0. The van der Waals surface area contributed by atoms with Gasteiger partial charge in [-0.3, -0.25) is 4.79 Å². The minimum Gasteiger partial charge on any atom is -0.293 e. The number of aromatic nitrogens is 1. The largest absolute Gasteiger partial charge is 0.293 e. The fraction of sp³-hybridized carbons (Fsp3) is 0.111. The van der Waals surface area contributed by atoms with Gasteiger partial charge in [0.2, 0.25) is 0 Å². The molecule has 3 rings (SSSR count). The summed E-state index contributed by atoms with van der Waals surface area (Å²) in [7, 11) is -3.75. The minimum atomic E-state index is -3.75. The zero-order valence-electron chi connectivity index (χ0n) is 12.9. The molecule has 0 aliphatic rings. The third kappa shape index (κ3) is 2.70. The van der Waals surface area contributed by atoms with Crippen molar-refractivity contribution in [2.24, 2.45) is 0 Å². The monoisotopic (exact) mass is 338 g/mol. The van der Waals surface area contributed by atoms with Crippen LogP contribution in [-0.4, -0.2) is 18.2 Å². The van der Waals surface area contributed by atoms with E-state index in [-0.39, 0.29) is 17.1 Å². The second kappa shape index (κ2) is 5.95. The van der Waals surface area contributed by atoms with Gasteiger partial charge in [-0.1, -0.05) is 29.8 Å². The Morgan fingerprint density at radius 1 is 1.12 bits per heavy atom. The molecule has 0 amide bonds. The van der Waals surface area contributed by atoms with Gasteiger partial charge in [-0.15, -0.1) is 0 Å². The summed E-state index contributed by atoms with van der Waals surface area (Å²) in [5.74, 6) is -0.333. The molecule has 5 nitrogen and oxygen atoms in total. The Labute approximate surface area is 139 Å². The van der Waals surface area contributed by atoms with E-state index in [4.69, 9.17) is 5.26 Å². The third-order valence-corrected chi connectivity index (χ3v) is 5.50. The number of rotatable bonds is 4. The maximum atomic E-state index is 12.9. The lowest BCUT2D eigenvalue weighted by Gasteiger charge is -2.08. The molecule has 0 saturated carbocycles. The van der Waals surface area contributed by atoms with Crippen LogP contribution < -0.4 is 0 Å². The second-order valence-corrected chi connectivity index (χ2v) is 7.28. The van der Waals surface area contributed by atoms with Gasteiger partial charge in [-0.05, 0) is 31.2 Å². The highest BCUT2D eigenvalue weighted by Gasteiger charge is 2.19. The highest BCUT2D eigenvalue weighted by molar-refractivity contribution is 7.90. The van der Waals surface area contributed by atoms with Crippen LogP contribution in [0.1, 0.15) is 22.3 Å². The van der Waals surface area contributed by atoms with Gasteiger partial charge in [0.1, 0.15) is 0 Å². The number of nitriles is 1. The second-order valence-electron chi connectivity index (χ2n) is 5.46. The van der Waals surface area contributed by atoms with Crippen LogP contribution >= 0.6 is 0 Å². The molecule has 2 aromatic carbocycles. The predicted molar refractivity (Wildman–Crippen MR) is 90.3 cm³/mol. The van der Waals surface area contributed by atoms with Gasteiger partial charge in [0.15, 0.2) is 5.78 Å². The third-order valence-electron chi connectivity index (χ3n) is 3.80. The number of aryl methyl sites for hydroxylation is 1. The number of benzene rings is 2. The van der Waals surface area contributed by atoms with Crippen molar-refractivity contribution >= 4 is 26.7 Å². The van der Waals surface area contributed by atoms with Crippen molar-refractivity contribution in [3.8, 4) is 6.07 Å². The molecule has 0 bridgehead atoms. The maximum Gasteiger partial charge on any atom is 0.268 e. The first-order valence-corrected chi connectivity index (χ1v) is 8.71. The Bertz CT molecular complexity index is 1070. The molecule has 0 saturated heterocycles. The first-order valence-electron chi connectivity index (χ1n) is 7.27. The van der Waals surface area contributed by atoms with Crippen molar-refractivity contribution in [1.29, 1.82) is 5.26 Å². The smallest absolute Gasteiger partial charge is 0.268 e. The van der Waals surface area contributed by atoms with Crippen molar-refractivity contribution in [2.75, 3.05) is 0 Å². The zero-order valence-corrected chi connectivity index (χ0v) is 13.7. The van der Waals surface area contributed by atoms with Crippen LogP contribution in [0.2, 0.25) is 0 Å². The van der Waals surface area contributed by atoms with E-state index in [2.05, 4.69) is 0 Å². The van der Waals surface area contributed by atoms with Crippen molar-refractivity contribution in [1.82, 2.24) is 3.97 Å². The number of carbonyl (C=O) groups is 1. The van der Waals surface area contributed by atoms with Crippen LogP contribution in [0, 0.1) is 18.3 Å². The predicted octanol–water partition coefficient (Wildman–Crippen LogP) is 3.28. The summed E-state index contributed by atoms with van der Waals surface area (Å²) in [6.07, 6.45) is 1.23. The molecule has 1 aromatic heterocycles. The minimum absolute atomic E-state index is 0.180. The average molecular weight is 338 g/mol. The van der Waals surface area contributed by atoms with Crippen LogP contribution in [0.15, 0.2) is 59.6 Å². The Hall–Kier alpha value is -2.91. The molecule has 0 aliphatic heterocycles. The van der Waals surface area contributed by atoms with E-state index in [0.717, 1.165) is 9.54 Å². The molecule has 0 N–H and O–H groups in total. The number of Topliss-reactive ketones (excluding diaryl/α,β-unsaturated/α-hetero) is 1. The van der Waals surface area contributed by atoms with Gasteiger partial charge >= 0.3 is 0 Å². The van der Waals surface area contributed by atoms with E-state index in [9.17, 15) is 13.2 Å². The molecule has 24 heavy (non-hydrogen) atoms. The lowest BCUT2D eigenvalue weighted by atomic mass is 10.1. The first-order chi connectivity index (χ1) is 11.4. The molecular formula is C18H14N2O3S. The lowest BCUT2D eigenvalue weighted by molar-refractivity contribution is 0.0998. The van der Waals surface area contributed by atoms with Crippen LogP contribution in [0.3, 0.4) is 0 Å². The Kier molecular flexibility index (Phi) is 3.96. The number of ketones is 1. The lowest BCUT2D eigenvalue weighted by Crippen LogP contribution is -2.12. The summed E-state index contributed by atoms with van der Waals surface area (Å²) in [4.78, 5) is 12.1. The van der Waals surface area contributed by atoms with E-state index >= 15 is 0 Å². The Morgan fingerprint density at radius 3 is 2.50 bits per heavy atom. The highest BCUT2D eigenvalue weighted by atomic mass is 32.2. The molecule has 0 spiro atoms. The molecule has 0 aliphatic carbocycles. The van der Waals surface area contributed by atoms with Crippen LogP contribution in [-0.2, 0) is 10.0 Å². The quantitative estimate of drug-likeness (QED) is 0.684. The summed E-state index contributed by atoms with van der Waals surface area (Å²) in [6, 6.07) is 14.9. The highest BCUT2D eigenvalue weighted by Crippen LogP contribution is 2.24. The van der Waals surface area contributed by atoms with Gasteiger partial charge in [0.05, 0.1) is 22.9 Å². The number of nitrogens with zero attached hydrogens (tertiary/aromatic N) is 2. The van der Waals surface area contributed by atoms with Crippen molar-refractivity contribution in [3.05, 3.63) is 65.9 Å². The van der Waals surface area contributed by atoms with E-state index < -0.39 is 10.0 Å². The molecule has 3 aromatic rings. The normalized spacial score (nSPS) is 11.3. The molecule has 1 heterocycles. The van der Waals surface area contributed by atoms with Gasteiger partial charge in [0.25, 0.3) is 10.0 Å². The van der Waals surface area contributed by atoms with Crippen molar-refractivity contribution in [3.63, 3.8) is 0 Å². The fourth-order valence-corrected chi connectivity index (χ4v) is 3.83. The first kappa shape index (κ1) is 16.0. The molecule has 0 fully saturated rings. The van der Waals surface area contributed by atoms with Gasteiger partial charge in [0, 0.05) is 17.1 Å². The van der Waals surface area contributed by atoms with Gasteiger partial charge in [-0.2, -0.15) is 5.26 Å². The topological polar surface area (TPSA) is 79.9 Å². The molecule has 6 heteroatoms. The molecule has 120 valence electrons. The molecule has 0 radical (unpaired) electrons. The SMILES string of the molecule is Cc1ccc(S(=O)(=O)n2ccc3ccc(C(=O)CC#N)cc32)cc1. The van der Waals surface area contributed by atoms with E-state index in [1.54, 1.807) is 42.5 Å². The summed E-state index contributed by atoms with van der Waals surface area (Å²) in [5, 5.41) is 9.36. The number of fused-ring (bicyclic) bond motifs is 1.